The number of rotatable bonds is 3. The van der Waals surface area contributed by atoms with Crippen molar-refractivity contribution in [2.45, 2.75) is 0 Å². The number of amidine groups is 1. The van der Waals surface area contributed by atoms with Crippen molar-refractivity contribution in [3.8, 4) is 0 Å². The molecular weight excluding hydrogens is 314 g/mol. The summed E-state index contributed by atoms with van der Waals surface area (Å²) in [6.45, 7) is 0. The Morgan fingerprint density at radius 3 is 2.36 bits per heavy atom. The van der Waals surface area contributed by atoms with Crippen LogP contribution < -0.4 is 10.1 Å². The molecule has 0 bridgehead atoms. The Morgan fingerprint density at radius 2 is 1.68 bits per heavy atom. The highest BCUT2D eigenvalue weighted by molar-refractivity contribution is 5.99. The Morgan fingerprint density at radius 1 is 0.920 bits per heavy atom. The van der Waals surface area contributed by atoms with E-state index in [9.17, 15) is 0 Å². The van der Waals surface area contributed by atoms with E-state index in [0.717, 1.165) is 11.1 Å². The maximum Gasteiger partial charge on any atom is 0.421 e. The molecule has 126 valence electrons. The normalized spacial score (nSPS) is 12.9. The fourth-order valence-electron chi connectivity index (χ4n) is 2.25. The number of imidazole rings is 1. The van der Waals surface area contributed by atoms with Gasteiger partial charge in [-0.3, -0.25) is 0 Å². The highest BCUT2D eigenvalue weighted by atomic mass is 15.3. The number of azo groups is 1. The van der Waals surface area contributed by atoms with Crippen LogP contribution in [0.1, 0.15) is 5.56 Å². The maximum absolute atomic E-state index is 4.33. The third-order valence-electron chi connectivity index (χ3n) is 3.69. The molecule has 25 heavy (non-hydrogen) atoms. The first-order valence-electron chi connectivity index (χ1n) is 7.86. The summed E-state index contributed by atoms with van der Waals surface area (Å²) in [5, 5.41) is 17.3. The number of aryl methyl sites for hydroxylation is 3. The van der Waals surface area contributed by atoms with Crippen molar-refractivity contribution in [2.24, 2.45) is 41.6 Å². The molecule has 3 rings (SSSR count). The molecule has 0 unspecified atom stereocenters. The lowest BCUT2D eigenvalue weighted by atomic mass is 10.2. The average Bonchev–Trinajstić information content (AvgIpc) is 2.95. The van der Waals surface area contributed by atoms with E-state index < -0.39 is 0 Å². The lowest BCUT2D eigenvalue weighted by Gasteiger charge is -1.98. The molecule has 0 aliphatic rings. The second-order valence-electron chi connectivity index (χ2n) is 5.58. The van der Waals surface area contributed by atoms with Gasteiger partial charge in [0.05, 0.1) is 26.5 Å². The number of pyridine rings is 1. The molecule has 0 saturated carbocycles. The van der Waals surface area contributed by atoms with Crippen LogP contribution in [-0.2, 0) is 21.1 Å². The van der Waals surface area contributed by atoms with E-state index in [0.29, 0.717) is 11.8 Å². The van der Waals surface area contributed by atoms with Gasteiger partial charge in [-0.2, -0.15) is 0 Å². The predicted octanol–water partition coefficient (Wildman–Crippen LogP) is 2.23. The summed E-state index contributed by atoms with van der Waals surface area (Å²) >= 11 is 0. The van der Waals surface area contributed by atoms with Crippen molar-refractivity contribution in [3.05, 3.63) is 78.2 Å². The fraction of sp³-hybridized carbons (Fsp3) is 0.167. The van der Waals surface area contributed by atoms with Crippen molar-refractivity contribution >= 4 is 11.8 Å². The molecule has 3 aromatic rings. The topological polar surface area (TPSA) is 63.2 Å². The number of benzene rings is 1. The monoisotopic (exact) mass is 334 g/mol. The van der Waals surface area contributed by atoms with Gasteiger partial charge in [-0.25, -0.2) is 9.13 Å². The Kier molecular flexibility index (Phi) is 4.94. The van der Waals surface area contributed by atoms with Gasteiger partial charge in [0.15, 0.2) is 5.49 Å². The molecule has 2 heterocycles. The van der Waals surface area contributed by atoms with Gasteiger partial charge >= 0.3 is 5.95 Å². The van der Waals surface area contributed by atoms with Gasteiger partial charge in [-0.1, -0.05) is 36.4 Å². The smallest absolute Gasteiger partial charge is 0.335 e. The largest absolute Gasteiger partial charge is 0.421 e. The van der Waals surface area contributed by atoms with E-state index in [1.807, 2.05) is 102 Å². The highest BCUT2D eigenvalue weighted by Crippen LogP contribution is 2.08. The molecule has 0 N–H and O–H groups in total. The molecule has 0 aliphatic carbocycles. The SMILES string of the molecule is Cn1cc[n+](C)c1N=NC(=NN=c1ccccn1C)c1ccccc1. The van der Waals surface area contributed by atoms with Crippen LogP contribution in [-0.4, -0.2) is 15.0 Å². The number of hydrogen-bond donors (Lipinski definition) is 0. The summed E-state index contributed by atoms with van der Waals surface area (Å²) in [5.74, 6) is 1.17. The van der Waals surface area contributed by atoms with Crippen LogP contribution in [0.5, 0.6) is 0 Å². The highest BCUT2D eigenvalue weighted by Gasteiger charge is 2.12. The first kappa shape index (κ1) is 16.5. The summed E-state index contributed by atoms with van der Waals surface area (Å²) in [4.78, 5) is 0. The quantitative estimate of drug-likeness (QED) is 0.232. The molecule has 0 atom stereocenters. The van der Waals surface area contributed by atoms with Crippen molar-refractivity contribution in [3.63, 3.8) is 0 Å². The van der Waals surface area contributed by atoms with Gasteiger partial charge in [0.1, 0.15) is 0 Å². The van der Waals surface area contributed by atoms with Crippen molar-refractivity contribution in [1.82, 2.24) is 9.13 Å². The Bertz CT molecular complexity index is 958. The molecule has 0 radical (unpaired) electrons. The van der Waals surface area contributed by atoms with Crippen LogP contribution in [0.3, 0.4) is 0 Å². The average molecular weight is 334 g/mol. The van der Waals surface area contributed by atoms with Crippen LogP contribution in [0.2, 0.25) is 0 Å². The Balaban J connectivity index is 2.04. The lowest BCUT2D eigenvalue weighted by molar-refractivity contribution is -0.657. The number of nitrogens with zero attached hydrogens (tertiary/aromatic N) is 7. The van der Waals surface area contributed by atoms with Gasteiger partial charge in [0, 0.05) is 23.9 Å². The zero-order valence-electron chi connectivity index (χ0n) is 14.5. The fourth-order valence-corrected chi connectivity index (χ4v) is 2.25. The zero-order valence-corrected chi connectivity index (χ0v) is 14.5. The number of aromatic nitrogens is 3. The molecule has 1 aromatic carbocycles. The van der Waals surface area contributed by atoms with Gasteiger partial charge in [0.2, 0.25) is 5.84 Å². The van der Waals surface area contributed by atoms with E-state index in [-0.39, 0.29) is 0 Å². The molecule has 7 nitrogen and oxygen atoms in total. The van der Waals surface area contributed by atoms with Crippen molar-refractivity contribution in [2.75, 3.05) is 0 Å². The second-order valence-corrected chi connectivity index (χ2v) is 5.58. The molecule has 0 fully saturated rings. The van der Waals surface area contributed by atoms with Crippen molar-refractivity contribution < 1.29 is 4.57 Å². The van der Waals surface area contributed by atoms with Crippen molar-refractivity contribution in [1.29, 1.82) is 0 Å². The summed E-state index contributed by atoms with van der Waals surface area (Å²) in [7, 11) is 5.76. The molecule has 0 amide bonds. The maximum atomic E-state index is 4.33. The number of hydrogen-bond acceptors (Lipinski definition) is 3. The van der Waals surface area contributed by atoms with E-state index in [2.05, 4.69) is 20.4 Å². The molecule has 0 saturated heterocycles. The first-order chi connectivity index (χ1) is 12.1. The van der Waals surface area contributed by atoms with E-state index in [1.54, 1.807) is 0 Å². The van der Waals surface area contributed by atoms with Crippen LogP contribution in [0, 0.1) is 0 Å². The molecule has 0 aliphatic heterocycles. The zero-order chi connectivity index (χ0) is 17.6. The predicted molar refractivity (Wildman–Crippen MR) is 95.1 cm³/mol. The molecular formula is C18H20N7+. The minimum atomic E-state index is 0.450. The third-order valence-corrected chi connectivity index (χ3v) is 3.69. The Hall–Kier alpha value is -3.35. The molecule has 7 heteroatoms. The molecule has 2 aromatic heterocycles. The van der Waals surface area contributed by atoms with Crippen LogP contribution in [0.25, 0.3) is 0 Å². The van der Waals surface area contributed by atoms with E-state index in [1.165, 1.54) is 0 Å². The third kappa shape index (κ3) is 3.95. The van der Waals surface area contributed by atoms with Gasteiger partial charge in [-0.15, -0.1) is 10.2 Å². The van der Waals surface area contributed by atoms with E-state index in [4.69, 9.17) is 0 Å². The standard InChI is InChI=1S/C18H20N7/c1-23-12-8-7-11-16(23)19-20-17(15-9-5-4-6-10-15)21-22-18-24(2)13-14-25(18)3/h4-14H,1-3H3/q+1. The second kappa shape index (κ2) is 7.48. The van der Waals surface area contributed by atoms with Gasteiger partial charge < -0.3 is 4.57 Å². The van der Waals surface area contributed by atoms with Gasteiger partial charge in [-0.05, 0) is 17.2 Å². The summed E-state index contributed by atoms with van der Waals surface area (Å²) < 4.78 is 5.67. The Labute approximate surface area is 145 Å². The van der Waals surface area contributed by atoms with Crippen LogP contribution in [0.15, 0.2) is 87.6 Å². The minimum Gasteiger partial charge on any atom is -0.335 e. The van der Waals surface area contributed by atoms with Gasteiger partial charge in [0.25, 0.3) is 0 Å². The first-order valence-corrected chi connectivity index (χ1v) is 7.86. The van der Waals surface area contributed by atoms with Crippen LogP contribution >= 0.6 is 0 Å². The molecule has 0 spiro atoms. The summed E-state index contributed by atoms with van der Waals surface area (Å²) in [6, 6.07) is 15.4. The summed E-state index contributed by atoms with van der Waals surface area (Å²) in [5.41, 5.74) is 1.58. The summed E-state index contributed by atoms with van der Waals surface area (Å²) in [6.07, 6.45) is 5.76. The van der Waals surface area contributed by atoms with E-state index >= 15 is 0 Å². The lowest BCUT2D eigenvalue weighted by Crippen LogP contribution is -2.25. The minimum absolute atomic E-state index is 0.450. The van der Waals surface area contributed by atoms with Crippen LogP contribution in [0.4, 0.5) is 5.95 Å².